The van der Waals surface area contributed by atoms with Gasteiger partial charge >= 0.3 is 0 Å². The van der Waals surface area contributed by atoms with Crippen molar-refractivity contribution in [1.29, 1.82) is 0 Å². The Labute approximate surface area is 153 Å². The van der Waals surface area contributed by atoms with Gasteiger partial charge in [-0.25, -0.2) is 9.97 Å². The second kappa shape index (κ2) is 7.78. The maximum absolute atomic E-state index is 12.6. The molecule has 1 amide bonds. The van der Waals surface area contributed by atoms with Gasteiger partial charge in [0, 0.05) is 22.6 Å². The average molecular weight is 346 g/mol. The Bertz CT molecular complexity index is 889. The summed E-state index contributed by atoms with van der Waals surface area (Å²) < 4.78 is 0. The van der Waals surface area contributed by atoms with E-state index in [4.69, 9.17) is 0 Å². The number of hydrogen-bond acceptors (Lipinski definition) is 4. The number of aromatic nitrogens is 2. The molecule has 0 aliphatic rings. The molecule has 132 valence electrons. The second-order valence-electron chi connectivity index (χ2n) is 6.29. The maximum Gasteiger partial charge on any atom is 0.251 e. The van der Waals surface area contributed by atoms with Crippen LogP contribution in [0.4, 0.5) is 11.6 Å². The molecule has 0 aliphatic heterocycles. The van der Waals surface area contributed by atoms with E-state index in [2.05, 4.69) is 20.6 Å². The third-order valence-electron chi connectivity index (χ3n) is 4.01. The third-order valence-corrected chi connectivity index (χ3v) is 4.01. The van der Waals surface area contributed by atoms with E-state index in [-0.39, 0.29) is 11.9 Å². The van der Waals surface area contributed by atoms with Gasteiger partial charge in [-0.05, 0) is 50.6 Å². The highest BCUT2D eigenvalue weighted by molar-refractivity contribution is 5.95. The molecular weight excluding hydrogens is 324 g/mol. The summed E-state index contributed by atoms with van der Waals surface area (Å²) in [7, 11) is 0. The second-order valence-corrected chi connectivity index (χ2v) is 6.29. The molecule has 5 heteroatoms. The number of carbonyl (C=O) groups is 1. The van der Waals surface area contributed by atoms with Crippen molar-refractivity contribution in [3.63, 3.8) is 0 Å². The zero-order chi connectivity index (χ0) is 18.5. The summed E-state index contributed by atoms with van der Waals surface area (Å²) in [4.78, 5) is 21.3. The van der Waals surface area contributed by atoms with Crippen molar-refractivity contribution in [1.82, 2.24) is 15.3 Å². The summed E-state index contributed by atoms with van der Waals surface area (Å²) in [5.74, 6) is 0.407. The maximum atomic E-state index is 12.6. The van der Waals surface area contributed by atoms with Gasteiger partial charge in [-0.15, -0.1) is 0 Å². The van der Waals surface area contributed by atoms with Crippen LogP contribution >= 0.6 is 0 Å². The molecule has 0 saturated carbocycles. The van der Waals surface area contributed by atoms with Gasteiger partial charge in [0.1, 0.15) is 0 Å². The Morgan fingerprint density at radius 2 is 1.62 bits per heavy atom. The molecule has 1 atom stereocenters. The molecule has 0 bridgehead atoms. The fourth-order valence-electron chi connectivity index (χ4n) is 2.75. The van der Waals surface area contributed by atoms with Gasteiger partial charge < -0.3 is 10.6 Å². The van der Waals surface area contributed by atoms with Crippen molar-refractivity contribution in [3.05, 3.63) is 83.2 Å². The first-order valence-electron chi connectivity index (χ1n) is 8.56. The van der Waals surface area contributed by atoms with Gasteiger partial charge in [-0.2, -0.15) is 0 Å². The van der Waals surface area contributed by atoms with Crippen molar-refractivity contribution in [2.24, 2.45) is 0 Å². The number of hydrogen-bond donors (Lipinski definition) is 2. The predicted molar refractivity (Wildman–Crippen MR) is 104 cm³/mol. The van der Waals surface area contributed by atoms with Crippen molar-refractivity contribution in [3.8, 4) is 0 Å². The highest BCUT2D eigenvalue weighted by Crippen LogP contribution is 2.17. The van der Waals surface area contributed by atoms with Gasteiger partial charge in [0.15, 0.2) is 0 Å². The molecule has 2 aromatic carbocycles. The van der Waals surface area contributed by atoms with Crippen molar-refractivity contribution >= 4 is 17.5 Å². The monoisotopic (exact) mass is 346 g/mol. The number of benzene rings is 2. The average Bonchev–Trinajstić information content (AvgIpc) is 2.61. The van der Waals surface area contributed by atoms with Crippen LogP contribution in [-0.2, 0) is 0 Å². The van der Waals surface area contributed by atoms with E-state index in [1.807, 2.05) is 69.3 Å². The fraction of sp³-hybridized carbons (Fsp3) is 0.190. The quantitative estimate of drug-likeness (QED) is 0.722. The molecular formula is C21H22N4O. The van der Waals surface area contributed by atoms with E-state index in [0.29, 0.717) is 11.5 Å². The summed E-state index contributed by atoms with van der Waals surface area (Å²) >= 11 is 0. The van der Waals surface area contributed by atoms with E-state index in [1.165, 1.54) is 0 Å². The lowest BCUT2D eigenvalue weighted by molar-refractivity contribution is 0.0940. The zero-order valence-corrected chi connectivity index (χ0v) is 15.2. The summed E-state index contributed by atoms with van der Waals surface area (Å²) in [5, 5.41) is 6.19. The number of nitrogens with one attached hydrogen (secondary N) is 2. The van der Waals surface area contributed by atoms with Crippen LogP contribution in [0.3, 0.4) is 0 Å². The Morgan fingerprint density at radius 1 is 0.923 bits per heavy atom. The van der Waals surface area contributed by atoms with Crippen LogP contribution in [0.5, 0.6) is 0 Å². The summed E-state index contributed by atoms with van der Waals surface area (Å²) in [6.07, 6.45) is 0. The predicted octanol–water partition coefficient (Wildman–Crippen LogP) is 4.33. The number of rotatable bonds is 5. The lowest BCUT2D eigenvalue weighted by Crippen LogP contribution is -2.26. The highest BCUT2D eigenvalue weighted by Gasteiger charge is 2.12. The highest BCUT2D eigenvalue weighted by atomic mass is 16.1. The van der Waals surface area contributed by atoms with Crippen LogP contribution in [0, 0.1) is 13.8 Å². The Hall–Kier alpha value is -3.21. The number of aryl methyl sites for hydroxylation is 2. The summed E-state index contributed by atoms with van der Waals surface area (Å²) in [6, 6.07) is 19.1. The zero-order valence-electron chi connectivity index (χ0n) is 15.2. The minimum atomic E-state index is -0.119. The van der Waals surface area contributed by atoms with E-state index in [0.717, 1.165) is 22.6 Å². The van der Waals surface area contributed by atoms with Crippen molar-refractivity contribution < 1.29 is 4.79 Å². The largest absolute Gasteiger partial charge is 0.346 e. The minimum Gasteiger partial charge on any atom is -0.346 e. The number of carbonyl (C=O) groups excluding carboxylic acids is 1. The molecule has 0 spiro atoms. The van der Waals surface area contributed by atoms with E-state index >= 15 is 0 Å². The van der Waals surface area contributed by atoms with Crippen LogP contribution in [-0.4, -0.2) is 15.9 Å². The first-order chi connectivity index (χ1) is 12.5. The molecule has 0 radical (unpaired) electrons. The van der Waals surface area contributed by atoms with Gasteiger partial charge in [0.25, 0.3) is 5.91 Å². The molecule has 3 rings (SSSR count). The van der Waals surface area contributed by atoms with E-state index < -0.39 is 0 Å². The molecule has 2 N–H and O–H groups in total. The van der Waals surface area contributed by atoms with Gasteiger partial charge in [-0.1, -0.05) is 36.4 Å². The fourth-order valence-corrected chi connectivity index (χ4v) is 2.75. The molecule has 26 heavy (non-hydrogen) atoms. The van der Waals surface area contributed by atoms with Gasteiger partial charge in [0.05, 0.1) is 6.04 Å². The SMILES string of the molecule is Cc1cc(C)nc(Nc2cccc(C(=O)N[C@@H](C)c3ccccc3)c2)n1. The van der Waals surface area contributed by atoms with Crippen LogP contribution in [0.1, 0.15) is 40.3 Å². The standard InChI is InChI=1S/C21H22N4O/c1-14-12-15(2)23-21(22-14)25-19-11-7-10-18(13-19)20(26)24-16(3)17-8-5-4-6-9-17/h4-13,16H,1-3H3,(H,24,26)(H,22,23,25)/t16-/m0/s1. The van der Waals surface area contributed by atoms with Crippen LogP contribution in [0.25, 0.3) is 0 Å². The van der Waals surface area contributed by atoms with Crippen molar-refractivity contribution in [2.75, 3.05) is 5.32 Å². The summed E-state index contributed by atoms with van der Waals surface area (Å²) in [6.45, 7) is 5.82. The number of anilines is 2. The molecule has 1 heterocycles. The number of amides is 1. The minimum absolute atomic E-state index is 0.0666. The number of nitrogens with zero attached hydrogens (tertiary/aromatic N) is 2. The molecule has 1 aromatic heterocycles. The lowest BCUT2D eigenvalue weighted by atomic mass is 10.1. The van der Waals surface area contributed by atoms with Crippen LogP contribution in [0.2, 0.25) is 0 Å². The van der Waals surface area contributed by atoms with Crippen molar-refractivity contribution in [2.45, 2.75) is 26.8 Å². The Morgan fingerprint density at radius 3 is 2.31 bits per heavy atom. The third kappa shape index (κ3) is 4.45. The smallest absolute Gasteiger partial charge is 0.251 e. The topological polar surface area (TPSA) is 66.9 Å². The molecule has 5 nitrogen and oxygen atoms in total. The van der Waals surface area contributed by atoms with E-state index in [1.54, 1.807) is 12.1 Å². The van der Waals surface area contributed by atoms with E-state index in [9.17, 15) is 4.79 Å². The Balaban J connectivity index is 1.73. The summed E-state index contributed by atoms with van der Waals surface area (Å²) in [5.41, 5.74) is 4.21. The first kappa shape index (κ1) is 17.6. The van der Waals surface area contributed by atoms with Crippen LogP contribution in [0.15, 0.2) is 60.7 Å². The Kier molecular flexibility index (Phi) is 5.27. The normalized spacial score (nSPS) is 11.7. The molecule has 3 aromatic rings. The molecule has 0 aliphatic carbocycles. The molecule has 0 fully saturated rings. The lowest BCUT2D eigenvalue weighted by Gasteiger charge is -2.15. The molecule has 0 unspecified atom stereocenters. The molecule has 0 saturated heterocycles. The van der Waals surface area contributed by atoms with Crippen LogP contribution < -0.4 is 10.6 Å². The van der Waals surface area contributed by atoms with Gasteiger partial charge in [0.2, 0.25) is 5.95 Å². The van der Waals surface area contributed by atoms with Gasteiger partial charge in [-0.3, -0.25) is 4.79 Å². The first-order valence-corrected chi connectivity index (χ1v) is 8.56.